The van der Waals surface area contributed by atoms with E-state index in [-0.39, 0.29) is 43.2 Å². The average Bonchev–Trinajstić information content (AvgIpc) is 2.78. The Hall–Kier alpha value is -2.14. The Morgan fingerprint density at radius 1 is 0.946 bits per heavy atom. The van der Waals surface area contributed by atoms with Gasteiger partial charge in [0.25, 0.3) is 5.91 Å². The van der Waals surface area contributed by atoms with Crippen molar-refractivity contribution < 1.29 is 35.9 Å². The number of carbonyl (C=O) groups is 2. The lowest BCUT2D eigenvalue weighted by molar-refractivity contribution is -0.139. The molecule has 0 aliphatic carbocycles. The van der Waals surface area contributed by atoms with Gasteiger partial charge < -0.3 is 10.6 Å². The van der Waals surface area contributed by atoms with Crippen LogP contribution in [0, 0.1) is 0 Å². The van der Waals surface area contributed by atoms with Crippen LogP contribution in [0.25, 0.3) is 6.08 Å². The molecule has 2 aromatic carbocycles. The topological polar surface area (TPSA) is 58.2 Å². The Morgan fingerprint density at radius 2 is 1.54 bits per heavy atom. The molecule has 37 heavy (non-hydrogen) atoms. The summed E-state index contributed by atoms with van der Waals surface area (Å²) in [5.74, 6) is -3.99. The predicted octanol–water partition coefficient (Wildman–Crippen LogP) is 7.85. The maximum absolute atomic E-state index is 13.7. The largest absolute Gasteiger partial charge is 0.405 e. The first-order valence-corrected chi connectivity index (χ1v) is 11.9. The van der Waals surface area contributed by atoms with Crippen molar-refractivity contribution in [1.82, 2.24) is 10.6 Å². The van der Waals surface area contributed by atoms with Gasteiger partial charge in [-0.05, 0) is 41.8 Å². The third kappa shape index (κ3) is 8.98. The van der Waals surface area contributed by atoms with Gasteiger partial charge in [0.2, 0.25) is 5.91 Å². The molecule has 0 saturated heterocycles. The molecule has 0 heterocycles. The van der Waals surface area contributed by atoms with Crippen LogP contribution in [-0.2, 0) is 4.79 Å². The van der Waals surface area contributed by atoms with Gasteiger partial charge in [-0.1, -0.05) is 71.5 Å². The van der Waals surface area contributed by atoms with E-state index < -0.39 is 42.7 Å². The summed E-state index contributed by atoms with van der Waals surface area (Å²) in [5.41, 5.74) is -0.180. The van der Waals surface area contributed by atoms with Gasteiger partial charge in [0, 0.05) is 0 Å². The Balaban J connectivity index is 2.22. The highest BCUT2D eigenvalue weighted by atomic mass is 35.5. The van der Waals surface area contributed by atoms with Gasteiger partial charge in [-0.2, -0.15) is 26.3 Å². The minimum Gasteiger partial charge on any atom is -0.345 e. The SMILES string of the molecule is CC[C@H](NC(=O)c1ccc(/C=C/C(c2cc(Cl)c(Cl)c(Cl)c2)C(F)(F)F)cc1Cl)C(=O)NCC(F)(F)F. The number of nitrogens with one attached hydrogen (secondary N) is 2. The Bertz CT molecular complexity index is 1160. The van der Waals surface area contributed by atoms with E-state index in [1.54, 1.807) is 5.32 Å². The molecule has 2 rings (SSSR count). The highest BCUT2D eigenvalue weighted by Gasteiger charge is 2.39. The molecular formula is C23H18Cl4F6N2O2. The second kappa shape index (κ2) is 12.6. The summed E-state index contributed by atoms with van der Waals surface area (Å²) < 4.78 is 78.1. The average molecular weight is 610 g/mol. The van der Waals surface area contributed by atoms with Gasteiger partial charge in [-0.15, -0.1) is 0 Å². The van der Waals surface area contributed by atoms with Gasteiger partial charge >= 0.3 is 12.4 Å². The number of carbonyl (C=O) groups excluding carboxylic acids is 2. The Morgan fingerprint density at radius 3 is 2.03 bits per heavy atom. The molecular weight excluding hydrogens is 592 g/mol. The molecule has 2 aromatic rings. The second-order valence-corrected chi connectivity index (χ2v) is 9.28. The maximum Gasteiger partial charge on any atom is 0.405 e. The molecule has 0 aliphatic rings. The first-order valence-electron chi connectivity index (χ1n) is 10.4. The van der Waals surface area contributed by atoms with E-state index in [9.17, 15) is 35.9 Å². The molecule has 1 unspecified atom stereocenters. The van der Waals surface area contributed by atoms with Gasteiger partial charge in [0.15, 0.2) is 0 Å². The highest BCUT2D eigenvalue weighted by molar-refractivity contribution is 6.48. The summed E-state index contributed by atoms with van der Waals surface area (Å²) >= 11 is 23.7. The van der Waals surface area contributed by atoms with E-state index in [0.717, 1.165) is 24.3 Å². The number of hydrogen-bond acceptors (Lipinski definition) is 2. The molecule has 0 bridgehead atoms. The van der Waals surface area contributed by atoms with Crippen molar-refractivity contribution >= 4 is 64.3 Å². The summed E-state index contributed by atoms with van der Waals surface area (Å²) in [6.07, 6.45) is -7.36. The maximum atomic E-state index is 13.7. The quantitative estimate of drug-likeness (QED) is 0.237. The zero-order valence-electron chi connectivity index (χ0n) is 18.7. The zero-order valence-corrected chi connectivity index (χ0v) is 21.7. The Kier molecular flexibility index (Phi) is 10.6. The lowest BCUT2D eigenvalue weighted by atomic mass is 9.97. The molecule has 2 N–H and O–H groups in total. The lowest BCUT2D eigenvalue weighted by Gasteiger charge is -2.19. The molecule has 0 saturated carbocycles. The van der Waals surface area contributed by atoms with Crippen LogP contribution in [0.4, 0.5) is 26.3 Å². The van der Waals surface area contributed by atoms with Crippen LogP contribution < -0.4 is 10.6 Å². The first kappa shape index (κ1) is 31.1. The predicted molar refractivity (Wildman–Crippen MR) is 131 cm³/mol. The zero-order chi connectivity index (χ0) is 28.1. The molecule has 0 radical (unpaired) electrons. The summed E-state index contributed by atoms with van der Waals surface area (Å²) in [6, 6.07) is 4.55. The van der Waals surface area contributed by atoms with Crippen LogP contribution in [0.5, 0.6) is 0 Å². The molecule has 2 amide bonds. The van der Waals surface area contributed by atoms with Gasteiger partial charge in [-0.25, -0.2) is 0 Å². The molecule has 0 spiro atoms. The third-order valence-electron chi connectivity index (χ3n) is 4.93. The van der Waals surface area contributed by atoms with Crippen molar-refractivity contribution in [3.63, 3.8) is 0 Å². The fraction of sp³-hybridized carbons (Fsp3) is 0.304. The van der Waals surface area contributed by atoms with Crippen molar-refractivity contribution in [2.24, 2.45) is 0 Å². The van der Waals surface area contributed by atoms with Crippen molar-refractivity contribution in [1.29, 1.82) is 0 Å². The number of hydrogen-bond donors (Lipinski definition) is 2. The summed E-state index contributed by atoms with van der Waals surface area (Å²) in [6.45, 7) is -0.0843. The molecule has 202 valence electrons. The number of rotatable bonds is 8. The van der Waals surface area contributed by atoms with Crippen LogP contribution in [0.15, 0.2) is 36.4 Å². The van der Waals surface area contributed by atoms with Crippen LogP contribution in [0.2, 0.25) is 20.1 Å². The molecule has 4 nitrogen and oxygen atoms in total. The van der Waals surface area contributed by atoms with Crippen molar-refractivity contribution in [3.05, 3.63) is 73.2 Å². The number of halogens is 10. The smallest absolute Gasteiger partial charge is 0.345 e. The molecule has 2 atom stereocenters. The monoisotopic (exact) mass is 608 g/mol. The van der Waals surface area contributed by atoms with E-state index in [4.69, 9.17) is 46.4 Å². The van der Waals surface area contributed by atoms with E-state index >= 15 is 0 Å². The molecule has 14 heteroatoms. The molecule has 0 aromatic heterocycles. The van der Waals surface area contributed by atoms with Crippen molar-refractivity contribution in [2.75, 3.05) is 6.54 Å². The first-order chi connectivity index (χ1) is 17.0. The van der Waals surface area contributed by atoms with Crippen LogP contribution in [0.1, 0.15) is 40.7 Å². The lowest BCUT2D eigenvalue weighted by Crippen LogP contribution is -2.48. The van der Waals surface area contributed by atoms with E-state index in [2.05, 4.69) is 5.32 Å². The van der Waals surface area contributed by atoms with E-state index in [1.165, 1.54) is 25.1 Å². The normalized spacial score (nSPS) is 13.9. The van der Waals surface area contributed by atoms with E-state index in [1.807, 2.05) is 0 Å². The third-order valence-corrected chi connectivity index (χ3v) is 6.44. The molecule has 0 fully saturated rings. The minimum atomic E-state index is -4.71. The minimum absolute atomic E-state index is 0.00850. The number of alkyl halides is 6. The summed E-state index contributed by atoms with van der Waals surface area (Å²) in [5, 5.41) is 3.42. The number of amides is 2. The second-order valence-electron chi connectivity index (χ2n) is 7.68. The van der Waals surface area contributed by atoms with E-state index in [0.29, 0.717) is 0 Å². The van der Waals surface area contributed by atoms with Gasteiger partial charge in [0.1, 0.15) is 12.6 Å². The number of allylic oxidation sites excluding steroid dienone is 1. The van der Waals surface area contributed by atoms with Gasteiger partial charge in [0.05, 0.1) is 31.6 Å². The summed E-state index contributed by atoms with van der Waals surface area (Å²) in [7, 11) is 0. The van der Waals surface area contributed by atoms with Crippen molar-refractivity contribution in [2.45, 2.75) is 37.7 Å². The van der Waals surface area contributed by atoms with Crippen LogP contribution in [-0.4, -0.2) is 36.8 Å². The Labute approximate surface area is 227 Å². The number of benzene rings is 2. The van der Waals surface area contributed by atoms with Crippen LogP contribution in [0.3, 0.4) is 0 Å². The standard InChI is InChI=1S/C23H18Cl4F6N2O2/c1-2-18(21(37)34-10-22(28,29)30)35-20(36)13-5-3-11(7-15(13)24)4-6-14(23(31,32)33)12-8-16(25)19(27)17(26)9-12/h3-9,14,18H,2,10H2,1H3,(H,34,37)(H,35,36)/b6-4+/t14?,18-/m0/s1. The fourth-order valence-electron chi connectivity index (χ4n) is 3.09. The van der Waals surface area contributed by atoms with Gasteiger partial charge in [-0.3, -0.25) is 9.59 Å². The van der Waals surface area contributed by atoms with Crippen molar-refractivity contribution in [3.8, 4) is 0 Å². The molecule has 0 aliphatic heterocycles. The van der Waals surface area contributed by atoms with Crippen LogP contribution >= 0.6 is 46.4 Å². The fourth-order valence-corrected chi connectivity index (χ4v) is 3.98. The summed E-state index contributed by atoms with van der Waals surface area (Å²) in [4.78, 5) is 24.5. The highest BCUT2D eigenvalue weighted by Crippen LogP contribution is 2.41.